The molecule has 0 spiro atoms. The minimum absolute atomic E-state index is 0.489. The van der Waals surface area contributed by atoms with E-state index in [0.29, 0.717) is 24.5 Å². The minimum Gasteiger partial charge on any atom is -0.497 e. The van der Waals surface area contributed by atoms with Crippen LogP contribution in [0.15, 0.2) is 18.2 Å². The number of hydrogen-bond donors (Lipinski definition) is 1. The van der Waals surface area contributed by atoms with Gasteiger partial charge in [0.25, 0.3) is 0 Å². The number of nitrogens with zero attached hydrogens (tertiary/aromatic N) is 1. The van der Waals surface area contributed by atoms with Crippen molar-refractivity contribution in [3.63, 3.8) is 0 Å². The van der Waals surface area contributed by atoms with Crippen molar-refractivity contribution in [2.75, 3.05) is 21.3 Å². The first-order valence-electron chi connectivity index (χ1n) is 6.16. The fourth-order valence-corrected chi connectivity index (χ4v) is 2.03. The second-order valence-electron chi connectivity index (χ2n) is 4.40. The van der Waals surface area contributed by atoms with Crippen LogP contribution in [-0.4, -0.2) is 43.3 Å². The molecule has 0 heterocycles. The summed E-state index contributed by atoms with van der Waals surface area (Å²) in [6, 6.07) is 5.07. The molecule has 19 heavy (non-hydrogen) atoms. The number of carboxylic acid groups (broad SMARTS) is 1. The van der Waals surface area contributed by atoms with Crippen molar-refractivity contribution in [1.82, 2.24) is 4.90 Å². The highest BCUT2D eigenvalue weighted by molar-refractivity contribution is 5.73. The smallest absolute Gasteiger partial charge is 0.320 e. The number of carbonyl (C=O) groups is 1. The number of rotatable bonds is 7. The number of benzene rings is 1. The summed E-state index contributed by atoms with van der Waals surface area (Å²) in [4.78, 5) is 12.9. The lowest BCUT2D eigenvalue weighted by Gasteiger charge is -2.23. The average molecular weight is 267 g/mol. The number of likely N-dealkylation sites (N-methyl/N-ethyl adjacent to an activating group) is 1. The van der Waals surface area contributed by atoms with Crippen LogP contribution in [0.2, 0.25) is 0 Å². The van der Waals surface area contributed by atoms with Crippen LogP contribution in [0.5, 0.6) is 11.5 Å². The van der Waals surface area contributed by atoms with Crippen molar-refractivity contribution in [1.29, 1.82) is 0 Å². The third-order valence-electron chi connectivity index (χ3n) is 3.05. The molecule has 0 aliphatic heterocycles. The molecule has 1 unspecified atom stereocenters. The maximum atomic E-state index is 11.1. The highest BCUT2D eigenvalue weighted by Gasteiger charge is 2.20. The van der Waals surface area contributed by atoms with Crippen LogP contribution in [0.25, 0.3) is 0 Å². The SMILES string of the molecule is CCC(C(=O)O)N(C)Cc1cc(OC)cc(OC)c1. The van der Waals surface area contributed by atoms with Crippen molar-refractivity contribution >= 4 is 5.97 Å². The van der Waals surface area contributed by atoms with Crippen LogP contribution < -0.4 is 9.47 Å². The number of aliphatic carboxylic acids is 1. The number of hydrogen-bond acceptors (Lipinski definition) is 4. The average Bonchev–Trinajstić information content (AvgIpc) is 2.38. The molecule has 0 aromatic heterocycles. The zero-order chi connectivity index (χ0) is 14.4. The summed E-state index contributed by atoms with van der Waals surface area (Å²) in [7, 11) is 4.98. The van der Waals surface area contributed by atoms with Gasteiger partial charge in [0.15, 0.2) is 0 Å². The Labute approximate surface area is 113 Å². The molecule has 0 saturated heterocycles. The molecule has 0 amide bonds. The molecule has 0 fully saturated rings. The van der Waals surface area contributed by atoms with E-state index in [1.165, 1.54) is 0 Å². The first kappa shape index (κ1) is 15.3. The molecule has 1 aromatic carbocycles. The topological polar surface area (TPSA) is 59.0 Å². The number of carboxylic acids is 1. The van der Waals surface area contributed by atoms with Gasteiger partial charge in [-0.1, -0.05) is 6.92 Å². The highest BCUT2D eigenvalue weighted by Crippen LogP contribution is 2.23. The van der Waals surface area contributed by atoms with E-state index in [9.17, 15) is 4.79 Å². The van der Waals surface area contributed by atoms with E-state index in [2.05, 4.69) is 0 Å². The Morgan fingerprint density at radius 1 is 1.26 bits per heavy atom. The van der Waals surface area contributed by atoms with Crippen molar-refractivity contribution in [3.05, 3.63) is 23.8 Å². The van der Waals surface area contributed by atoms with Gasteiger partial charge in [0.05, 0.1) is 14.2 Å². The third kappa shape index (κ3) is 4.13. The molecule has 106 valence electrons. The van der Waals surface area contributed by atoms with Crippen molar-refractivity contribution in [2.45, 2.75) is 25.9 Å². The molecule has 5 nitrogen and oxygen atoms in total. The maximum absolute atomic E-state index is 11.1. The van der Waals surface area contributed by atoms with Gasteiger partial charge >= 0.3 is 5.97 Å². The minimum atomic E-state index is -0.806. The lowest BCUT2D eigenvalue weighted by Crippen LogP contribution is -2.37. The number of ether oxygens (including phenoxy) is 2. The Bertz CT molecular complexity index is 411. The van der Waals surface area contributed by atoms with Crippen LogP contribution in [0, 0.1) is 0 Å². The van der Waals surface area contributed by atoms with E-state index in [-0.39, 0.29) is 0 Å². The van der Waals surface area contributed by atoms with Crippen LogP contribution >= 0.6 is 0 Å². The Morgan fingerprint density at radius 2 is 1.79 bits per heavy atom. The van der Waals surface area contributed by atoms with E-state index in [0.717, 1.165) is 5.56 Å². The molecule has 5 heteroatoms. The first-order chi connectivity index (χ1) is 9.01. The summed E-state index contributed by atoms with van der Waals surface area (Å²) in [6.07, 6.45) is 0.562. The Hall–Kier alpha value is -1.75. The van der Waals surface area contributed by atoms with Crippen LogP contribution in [0.3, 0.4) is 0 Å². The summed E-state index contributed by atoms with van der Waals surface area (Å²) < 4.78 is 10.4. The molecule has 1 N–H and O–H groups in total. The molecule has 1 rings (SSSR count). The van der Waals surface area contributed by atoms with E-state index in [1.807, 2.05) is 19.1 Å². The summed E-state index contributed by atoms with van der Waals surface area (Å²) in [6.45, 7) is 2.39. The quantitative estimate of drug-likeness (QED) is 0.818. The first-order valence-corrected chi connectivity index (χ1v) is 6.16. The van der Waals surface area contributed by atoms with Crippen LogP contribution in [-0.2, 0) is 11.3 Å². The van der Waals surface area contributed by atoms with Gasteiger partial charge < -0.3 is 14.6 Å². The van der Waals surface area contributed by atoms with Crippen molar-refractivity contribution in [2.24, 2.45) is 0 Å². The monoisotopic (exact) mass is 267 g/mol. The molecule has 0 aliphatic rings. The second kappa shape index (κ2) is 6.99. The molecule has 1 atom stereocenters. The maximum Gasteiger partial charge on any atom is 0.320 e. The molecule has 1 aromatic rings. The Kier molecular flexibility index (Phi) is 5.63. The van der Waals surface area contributed by atoms with Crippen LogP contribution in [0.4, 0.5) is 0 Å². The predicted molar refractivity (Wildman–Crippen MR) is 72.7 cm³/mol. The van der Waals surface area contributed by atoms with E-state index in [4.69, 9.17) is 14.6 Å². The molecule has 0 bridgehead atoms. The highest BCUT2D eigenvalue weighted by atomic mass is 16.5. The molecule has 0 radical (unpaired) electrons. The van der Waals surface area contributed by atoms with Gasteiger partial charge in [0.2, 0.25) is 0 Å². The summed E-state index contributed by atoms with van der Waals surface area (Å²) >= 11 is 0. The van der Waals surface area contributed by atoms with Gasteiger partial charge in [0.1, 0.15) is 17.5 Å². The van der Waals surface area contributed by atoms with E-state index >= 15 is 0 Å². The molecule has 0 saturated carbocycles. The summed E-state index contributed by atoms with van der Waals surface area (Å²) in [5.74, 6) is 0.595. The lowest BCUT2D eigenvalue weighted by atomic mass is 10.1. The largest absolute Gasteiger partial charge is 0.497 e. The van der Waals surface area contributed by atoms with E-state index < -0.39 is 12.0 Å². The zero-order valence-corrected chi connectivity index (χ0v) is 11.8. The van der Waals surface area contributed by atoms with Gasteiger partial charge in [-0.3, -0.25) is 9.69 Å². The van der Waals surface area contributed by atoms with Gasteiger partial charge in [-0.05, 0) is 31.2 Å². The fourth-order valence-electron chi connectivity index (χ4n) is 2.03. The van der Waals surface area contributed by atoms with Crippen molar-refractivity contribution in [3.8, 4) is 11.5 Å². The Morgan fingerprint density at radius 3 is 2.16 bits per heavy atom. The third-order valence-corrected chi connectivity index (χ3v) is 3.05. The van der Waals surface area contributed by atoms with Crippen LogP contribution in [0.1, 0.15) is 18.9 Å². The van der Waals surface area contributed by atoms with Gasteiger partial charge in [-0.15, -0.1) is 0 Å². The standard InChI is InChI=1S/C14H21NO4/c1-5-13(14(16)17)15(2)9-10-6-11(18-3)8-12(7-10)19-4/h6-8,13H,5,9H2,1-4H3,(H,16,17). The molecular weight excluding hydrogens is 246 g/mol. The predicted octanol–water partition coefficient (Wildman–Crippen LogP) is 2.00. The van der Waals surface area contributed by atoms with Gasteiger partial charge in [0, 0.05) is 12.6 Å². The zero-order valence-electron chi connectivity index (χ0n) is 11.8. The normalized spacial score (nSPS) is 12.3. The summed E-state index contributed by atoms with van der Waals surface area (Å²) in [5, 5.41) is 9.13. The molecule has 0 aliphatic carbocycles. The lowest BCUT2D eigenvalue weighted by molar-refractivity contribution is -0.143. The van der Waals surface area contributed by atoms with Gasteiger partial charge in [-0.2, -0.15) is 0 Å². The van der Waals surface area contributed by atoms with Gasteiger partial charge in [-0.25, -0.2) is 0 Å². The Balaban J connectivity index is 2.88. The number of methoxy groups -OCH3 is 2. The molecular formula is C14H21NO4. The van der Waals surface area contributed by atoms with Crippen molar-refractivity contribution < 1.29 is 19.4 Å². The summed E-state index contributed by atoms with van der Waals surface area (Å²) in [5.41, 5.74) is 0.957. The fraction of sp³-hybridized carbons (Fsp3) is 0.500. The van der Waals surface area contributed by atoms with E-state index in [1.54, 1.807) is 32.2 Å². The second-order valence-corrected chi connectivity index (χ2v) is 4.40.